The standard InChI is InChI=1S/C65H48N6/c1-64(2)51-24-12-16-28-56(51)69(57-29-17-13-25-52(57)64)47-33-31-43-36-46-38-48(34-32-44(46)35-45(43)37-47)70-58-30-18-14-26-53(58)65(3,4)54-39-50-49-23-11-15-27-55(49)71(59(50)40-60(54)70)63-67-61(41-19-7-5-8-20-41)66-62(68-63)42-21-9-6-10-22-42/h5-40H,1-4H3. The summed E-state index contributed by atoms with van der Waals surface area (Å²) in [4.78, 5) is 20.5. The number of nitrogens with zero attached hydrogens (tertiary/aromatic N) is 6. The Hall–Kier alpha value is -8.87. The van der Waals surface area contributed by atoms with Gasteiger partial charge in [0.05, 0.1) is 33.8 Å². The maximum atomic E-state index is 5.27. The van der Waals surface area contributed by atoms with E-state index in [2.05, 4.69) is 224 Å². The molecular formula is C65H48N6. The summed E-state index contributed by atoms with van der Waals surface area (Å²) in [5, 5.41) is 7.08. The zero-order chi connectivity index (χ0) is 47.6. The fourth-order valence-electron chi connectivity index (χ4n) is 11.8. The molecule has 0 aliphatic carbocycles. The summed E-state index contributed by atoms with van der Waals surface area (Å²) in [7, 11) is 0. The normalized spacial score (nSPS) is 14.4. The molecule has 0 N–H and O–H groups in total. The summed E-state index contributed by atoms with van der Waals surface area (Å²) in [6.07, 6.45) is 0. The second kappa shape index (κ2) is 15.3. The second-order valence-electron chi connectivity index (χ2n) is 20.1. The highest BCUT2D eigenvalue weighted by Crippen LogP contribution is 2.55. The van der Waals surface area contributed by atoms with Crippen molar-refractivity contribution in [3.8, 4) is 28.7 Å². The van der Waals surface area contributed by atoms with Gasteiger partial charge in [0.25, 0.3) is 0 Å². The molecule has 338 valence electrons. The summed E-state index contributed by atoms with van der Waals surface area (Å²) < 4.78 is 2.24. The van der Waals surface area contributed by atoms with Gasteiger partial charge < -0.3 is 9.80 Å². The number of hydrogen-bond donors (Lipinski definition) is 0. The number of benzene rings is 10. The lowest BCUT2D eigenvalue weighted by Crippen LogP contribution is -2.30. The first-order chi connectivity index (χ1) is 34.7. The molecule has 0 atom stereocenters. The van der Waals surface area contributed by atoms with Gasteiger partial charge in [0.1, 0.15) is 0 Å². The molecule has 71 heavy (non-hydrogen) atoms. The smallest absolute Gasteiger partial charge is 0.238 e. The van der Waals surface area contributed by atoms with Crippen LogP contribution in [0, 0.1) is 0 Å². The molecule has 2 aliphatic heterocycles. The van der Waals surface area contributed by atoms with Crippen molar-refractivity contribution in [3.63, 3.8) is 0 Å². The number of anilines is 6. The molecule has 0 unspecified atom stereocenters. The van der Waals surface area contributed by atoms with Crippen LogP contribution in [-0.2, 0) is 10.8 Å². The van der Waals surface area contributed by atoms with Gasteiger partial charge in [-0.3, -0.25) is 4.57 Å². The third-order valence-corrected chi connectivity index (χ3v) is 15.3. The predicted molar refractivity (Wildman–Crippen MR) is 294 cm³/mol. The molecule has 0 saturated carbocycles. The number of para-hydroxylation sites is 4. The van der Waals surface area contributed by atoms with Gasteiger partial charge in [0.2, 0.25) is 5.95 Å². The van der Waals surface area contributed by atoms with E-state index < -0.39 is 0 Å². The van der Waals surface area contributed by atoms with Crippen LogP contribution in [-0.4, -0.2) is 19.5 Å². The van der Waals surface area contributed by atoms with Crippen LogP contribution >= 0.6 is 0 Å². The SMILES string of the molecule is CC1(C)c2ccccc2N(c2ccc3cc4cc(N5c6ccccc6C(C)(C)c6cc7c8ccccc8n(-c8nc(-c9ccccc9)nc(-c9ccccc9)n8)c7cc65)ccc4cc3c2)c2ccccc21. The predicted octanol–water partition coefficient (Wildman–Crippen LogP) is 16.8. The Morgan fingerprint density at radius 3 is 1.31 bits per heavy atom. The summed E-state index contributed by atoms with van der Waals surface area (Å²) in [5.41, 5.74) is 15.7. The molecule has 0 radical (unpaired) electrons. The van der Waals surface area contributed by atoms with E-state index >= 15 is 0 Å². The van der Waals surface area contributed by atoms with Crippen LogP contribution in [0.15, 0.2) is 218 Å². The summed E-state index contributed by atoms with van der Waals surface area (Å²) in [6, 6.07) is 79.1. The lowest BCUT2D eigenvalue weighted by Gasteiger charge is -2.42. The third kappa shape index (κ3) is 6.24. The number of aromatic nitrogens is 4. The van der Waals surface area contributed by atoms with Crippen molar-refractivity contribution >= 4 is 77.5 Å². The highest BCUT2D eigenvalue weighted by atomic mass is 15.2. The zero-order valence-electron chi connectivity index (χ0n) is 40.0. The first kappa shape index (κ1) is 41.1. The fourth-order valence-corrected chi connectivity index (χ4v) is 11.8. The number of fused-ring (bicyclic) bond motifs is 9. The molecule has 6 nitrogen and oxygen atoms in total. The van der Waals surface area contributed by atoms with E-state index in [9.17, 15) is 0 Å². The van der Waals surface area contributed by atoms with E-state index in [0.717, 1.165) is 50.0 Å². The van der Waals surface area contributed by atoms with E-state index in [1.807, 2.05) is 36.4 Å². The average Bonchev–Trinajstić information content (AvgIpc) is 3.74. The quantitative estimate of drug-likeness (QED) is 0.161. The lowest BCUT2D eigenvalue weighted by atomic mass is 9.73. The molecular weight excluding hydrogens is 865 g/mol. The van der Waals surface area contributed by atoms with Crippen molar-refractivity contribution in [1.82, 2.24) is 19.5 Å². The maximum Gasteiger partial charge on any atom is 0.238 e. The minimum atomic E-state index is -0.302. The molecule has 0 saturated heterocycles. The zero-order valence-corrected chi connectivity index (χ0v) is 40.0. The number of rotatable bonds is 5. The van der Waals surface area contributed by atoms with E-state index in [1.165, 1.54) is 60.9 Å². The van der Waals surface area contributed by atoms with Crippen LogP contribution in [0.1, 0.15) is 49.9 Å². The van der Waals surface area contributed by atoms with Crippen LogP contribution in [0.2, 0.25) is 0 Å². The van der Waals surface area contributed by atoms with Crippen LogP contribution in [0.5, 0.6) is 0 Å². The van der Waals surface area contributed by atoms with Gasteiger partial charge in [0, 0.05) is 44.1 Å². The molecule has 0 fully saturated rings. The highest BCUT2D eigenvalue weighted by molar-refractivity contribution is 6.12. The second-order valence-corrected chi connectivity index (χ2v) is 20.1. The van der Waals surface area contributed by atoms with E-state index in [0.29, 0.717) is 17.6 Å². The Labute approximate surface area is 412 Å². The summed E-state index contributed by atoms with van der Waals surface area (Å²) >= 11 is 0. The number of hydrogen-bond acceptors (Lipinski definition) is 5. The Balaban J connectivity index is 0.945. The molecule has 0 bridgehead atoms. The fraction of sp³-hybridized carbons (Fsp3) is 0.0923. The molecule has 6 heteroatoms. The van der Waals surface area contributed by atoms with Crippen LogP contribution < -0.4 is 9.80 Å². The molecule has 0 spiro atoms. The molecule has 0 amide bonds. The van der Waals surface area contributed by atoms with Crippen molar-refractivity contribution < 1.29 is 0 Å². The molecule has 2 aromatic heterocycles. The highest BCUT2D eigenvalue weighted by Gasteiger charge is 2.39. The first-order valence-electron chi connectivity index (χ1n) is 24.5. The third-order valence-electron chi connectivity index (χ3n) is 15.3. The average molecular weight is 913 g/mol. The minimum absolute atomic E-state index is 0.114. The van der Waals surface area contributed by atoms with E-state index in [4.69, 9.17) is 15.0 Å². The van der Waals surface area contributed by atoms with Gasteiger partial charge >= 0.3 is 0 Å². The Morgan fingerprint density at radius 1 is 0.324 bits per heavy atom. The van der Waals surface area contributed by atoms with E-state index in [-0.39, 0.29) is 10.8 Å². The minimum Gasteiger partial charge on any atom is -0.310 e. The molecule has 12 aromatic rings. The maximum absolute atomic E-state index is 5.27. The summed E-state index contributed by atoms with van der Waals surface area (Å²) in [5.74, 6) is 1.83. The molecule has 2 aliphatic rings. The van der Waals surface area contributed by atoms with Gasteiger partial charge in [-0.05, 0) is 117 Å². The van der Waals surface area contributed by atoms with Gasteiger partial charge in [-0.2, -0.15) is 9.97 Å². The van der Waals surface area contributed by atoms with Crippen molar-refractivity contribution in [2.75, 3.05) is 9.80 Å². The van der Waals surface area contributed by atoms with Crippen molar-refractivity contribution in [2.45, 2.75) is 38.5 Å². The topological polar surface area (TPSA) is 50.1 Å². The van der Waals surface area contributed by atoms with Crippen LogP contribution in [0.25, 0.3) is 72.1 Å². The largest absolute Gasteiger partial charge is 0.310 e. The van der Waals surface area contributed by atoms with Gasteiger partial charge in [0.15, 0.2) is 11.6 Å². The van der Waals surface area contributed by atoms with Crippen molar-refractivity contribution in [3.05, 3.63) is 241 Å². The van der Waals surface area contributed by atoms with Gasteiger partial charge in [-0.25, -0.2) is 4.98 Å². The Morgan fingerprint density at radius 2 is 0.775 bits per heavy atom. The summed E-state index contributed by atoms with van der Waals surface area (Å²) in [6.45, 7) is 9.40. The van der Waals surface area contributed by atoms with Gasteiger partial charge in [-0.15, -0.1) is 0 Å². The Kier molecular flexibility index (Phi) is 8.87. The van der Waals surface area contributed by atoms with Gasteiger partial charge in [-0.1, -0.05) is 173 Å². The van der Waals surface area contributed by atoms with Crippen molar-refractivity contribution in [2.24, 2.45) is 0 Å². The molecule has 4 heterocycles. The van der Waals surface area contributed by atoms with E-state index in [1.54, 1.807) is 0 Å². The van der Waals surface area contributed by atoms with Crippen LogP contribution in [0.4, 0.5) is 34.1 Å². The Bertz CT molecular complexity index is 4030. The molecule has 10 aromatic carbocycles. The monoisotopic (exact) mass is 912 g/mol. The van der Waals surface area contributed by atoms with Crippen molar-refractivity contribution in [1.29, 1.82) is 0 Å². The molecule has 14 rings (SSSR count). The lowest BCUT2D eigenvalue weighted by molar-refractivity contribution is 0.632. The first-order valence-corrected chi connectivity index (χ1v) is 24.5. The van der Waals surface area contributed by atoms with Crippen LogP contribution in [0.3, 0.4) is 0 Å².